The fraction of sp³-hybridized carbons (Fsp3) is 0.167. The number of hydrogen-bond acceptors (Lipinski definition) is 3. The maximum atomic E-state index is 13.9. The highest BCUT2D eigenvalue weighted by Gasteiger charge is 2.41. The van der Waals surface area contributed by atoms with Gasteiger partial charge in [-0.1, -0.05) is 149 Å². The van der Waals surface area contributed by atoms with Crippen LogP contribution in [0.2, 0.25) is 0 Å². The lowest BCUT2D eigenvalue weighted by Crippen LogP contribution is -2.40. The normalized spacial score (nSPS) is 13.2. The molecule has 0 amide bonds. The molecular weight excluding hydrogens is 678 g/mol. The second kappa shape index (κ2) is 15.6. The molecule has 0 saturated heterocycles. The van der Waals surface area contributed by atoms with Crippen LogP contribution in [-0.2, 0) is 20.2 Å². The predicted octanol–water partition coefficient (Wildman–Crippen LogP) is 9.47. The predicted molar refractivity (Wildman–Crippen MR) is 199 cm³/mol. The zero-order valence-electron chi connectivity index (χ0n) is 27.2. The van der Waals surface area contributed by atoms with Gasteiger partial charge in [0.05, 0.1) is 16.4 Å². The van der Waals surface area contributed by atoms with Crippen LogP contribution in [0.4, 0.5) is 0 Å². The summed E-state index contributed by atoms with van der Waals surface area (Å²) in [7, 11) is -4.02. The number of Topliss-reactive ketones (excluding diaryl/α,β-unsaturated/α-hetero) is 1. The van der Waals surface area contributed by atoms with E-state index in [2.05, 4.69) is 32.5 Å². The van der Waals surface area contributed by atoms with Crippen LogP contribution in [0.5, 0.6) is 0 Å². The molecule has 5 rings (SSSR count). The Bertz CT molecular complexity index is 1990. The number of halogens is 1. The summed E-state index contributed by atoms with van der Waals surface area (Å²) in [5, 5.41) is 0. The summed E-state index contributed by atoms with van der Waals surface area (Å²) in [4.78, 5) is 14.0. The lowest BCUT2D eigenvalue weighted by Gasteiger charge is -2.36. The third-order valence-electron chi connectivity index (χ3n) is 8.63. The van der Waals surface area contributed by atoms with Crippen LogP contribution < -0.4 is 4.72 Å². The van der Waals surface area contributed by atoms with Crippen molar-refractivity contribution in [3.8, 4) is 11.8 Å². The molecule has 242 valence electrons. The van der Waals surface area contributed by atoms with Gasteiger partial charge in [0.25, 0.3) is 0 Å². The highest BCUT2D eigenvalue weighted by molar-refractivity contribution is 9.10. The minimum absolute atomic E-state index is 0.135. The van der Waals surface area contributed by atoms with Crippen LogP contribution in [0.25, 0.3) is 5.57 Å². The van der Waals surface area contributed by atoms with Crippen LogP contribution in [0, 0.1) is 24.7 Å². The van der Waals surface area contributed by atoms with Gasteiger partial charge in [-0.15, -0.1) is 0 Å². The summed E-state index contributed by atoms with van der Waals surface area (Å²) in [5.41, 5.74) is 4.57. The number of sulfonamides is 1. The van der Waals surface area contributed by atoms with Crippen molar-refractivity contribution in [2.45, 2.75) is 43.5 Å². The fourth-order valence-electron chi connectivity index (χ4n) is 5.93. The first-order chi connectivity index (χ1) is 23.1. The monoisotopic (exact) mass is 715 g/mol. The van der Waals surface area contributed by atoms with E-state index in [0.29, 0.717) is 5.56 Å². The minimum Gasteiger partial charge on any atom is -0.300 e. The Labute approximate surface area is 293 Å². The van der Waals surface area contributed by atoms with Crippen molar-refractivity contribution < 1.29 is 13.2 Å². The van der Waals surface area contributed by atoms with E-state index in [4.69, 9.17) is 0 Å². The van der Waals surface area contributed by atoms with Gasteiger partial charge in [-0.2, -0.15) is 0 Å². The first-order valence-corrected chi connectivity index (χ1v) is 18.1. The third-order valence-corrected chi connectivity index (χ3v) is 10.6. The number of rotatable bonds is 11. The van der Waals surface area contributed by atoms with Crippen molar-refractivity contribution in [2.75, 3.05) is 0 Å². The Hall–Kier alpha value is -4.54. The van der Waals surface area contributed by atoms with E-state index in [1.54, 1.807) is 24.3 Å². The molecule has 0 aliphatic rings. The average Bonchev–Trinajstić information content (AvgIpc) is 3.10. The Morgan fingerprint density at radius 2 is 1.29 bits per heavy atom. The van der Waals surface area contributed by atoms with E-state index in [-0.39, 0.29) is 17.1 Å². The number of aryl methyl sites for hydroxylation is 1. The van der Waals surface area contributed by atoms with Crippen LogP contribution in [-0.4, -0.2) is 14.2 Å². The van der Waals surface area contributed by atoms with Crippen LogP contribution >= 0.6 is 15.9 Å². The highest BCUT2D eigenvalue weighted by atomic mass is 79.9. The second-order valence-corrected chi connectivity index (χ2v) is 14.6. The molecule has 0 aliphatic carbocycles. The number of nitrogens with one attached hydrogen (secondary N) is 1. The molecule has 0 aromatic heterocycles. The molecule has 0 fully saturated rings. The zero-order chi connectivity index (χ0) is 34.1. The third kappa shape index (κ3) is 8.29. The molecule has 6 heteroatoms. The van der Waals surface area contributed by atoms with Gasteiger partial charge in [0, 0.05) is 10.4 Å². The van der Waals surface area contributed by atoms with Crippen molar-refractivity contribution >= 4 is 37.3 Å². The molecular formula is C42H38BrNO3S. The van der Waals surface area contributed by atoms with E-state index < -0.39 is 27.4 Å². The molecule has 1 N–H and O–H groups in total. The number of carbonyl (C=O) groups is 1. The number of benzene rings is 5. The molecule has 2 atom stereocenters. The zero-order valence-corrected chi connectivity index (χ0v) is 29.6. The first-order valence-electron chi connectivity index (χ1n) is 15.8. The van der Waals surface area contributed by atoms with Crippen LogP contribution in [0.1, 0.15) is 54.1 Å². The summed E-state index contributed by atoms with van der Waals surface area (Å²) in [6.07, 6.45) is 2.13. The molecule has 0 radical (unpaired) electrons. The molecule has 4 nitrogen and oxygen atoms in total. The van der Waals surface area contributed by atoms with Crippen molar-refractivity contribution in [3.05, 3.63) is 178 Å². The van der Waals surface area contributed by atoms with E-state index in [1.165, 1.54) is 6.92 Å². The minimum atomic E-state index is -4.02. The van der Waals surface area contributed by atoms with E-state index in [0.717, 1.165) is 32.3 Å². The summed E-state index contributed by atoms with van der Waals surface area (Å²) in [6, 6.07) is 43.2. The standard InChI is InChI=1S/C42H38BrNO3S/c1-31-21-27-39(28-22-31)48(46,47)44-41(35-23-25-38(43)26-24-35)40(33(3)45)30-42(36-17-9-5-10-18-36,37-19-11-6-12-20-37)29-13-14-32(2)34-15-7-4-8-16-34/h4-12,14-28,40-41,44H,30H2,1-3H3/b32-14+/t40-,41-/m1/s1. The molecule has 0 unspecified atom stereocenters. The van der Waals surface area contributed by atoms with Crippen molar-refractivity contribution in [1.29, 1.82) is 0 Å². The summed E-state index contributed by atoms with van der Waals surface area (Å²) < 4.78 is 31.7. The SMILES string of the molecule is CC(=O)[C@@H](CC(C#C/C=C(\C)c1ccccc1)(c1ccccc1)c1ccccc1)[C@H](NS(=O)(=O)c1ccc(C)cc1)c1ccc(Br)cc1. The molecule has 0 aliphatic heterocycles. The second-order valence-electron chi connectivity index (χ2n) is 12.0. The Morgan fingerprint density at radius 1 is 0.771 bits per heavy atom. The van der Waals surface area contributed by atoms with Gasteiger partial charge in [0.1, 0.15) is 5.78 Å². The Morgan fingerprint density at radius 3 is 1.81 bits per heavy atom. The summed E-state index contributed by atoms with van der Waals surface area (Å²) in [6.45, 7) is 5.47. The molecule has 0 spiro atoms. The van der Waals surface area contributed by atoms with Gasteiger partial charge in [-0.05, 0) is 85.4 Å². The maximum absolute atomic E-state index is 13.9. The van der Waals surface area contributed by atoms with E-state index >= 15 is 0 Å². The van der Waals surface area contributed by atoms with Gasteiger partial charge in [-0.25, -0.2) is 13.1 Å². The fourth-order valence-corrected chi connectivity index (χ4v) is 7.46. The van der Waals surface area contributed by atoms with Crippen LogP contribution in [0.15, 0.2) is 155 Å². The van der Waals surface area contributed by atoms with E-state index in [1.807, 2.05) is 135 Å². The molecule has 0 bridgehead atoms. The molecule has 5 aromatic rings. The molecule has 0 saturated carbocycles. The quantitative estimate of drug-likeness (QED) is 0.139. The summed E-state index contributed by atoms with van der Waals surface area (Å²) >= 11 is 3.50. The Kier molecular flexibility index (Phi) is 11.3. The lowest BCUT2D eigenvalue weighted by molar-refractivity contribution is -0.122. The van der Waals surface area contributed by atoms with Crippen molar-refractivity contribution in [2.24, 2.45) is 5.92 Å². The smallest absolute Gasteiger partial charge is 0.241 e. The number of hydrogen-bond donors (Lipinski definition) is 1. The Balaban J connectivity index is 1.70. The molecule has 5 aromatic carbocycles. The van der Waals surface area contributed by atoms with Gasteiger partial charge >= 0.3 is 0 Å². The molecule has 0 heterocycles. The number of ketones is 1. The number of allylic oxidation sites excluding steroid dienone is 2. The summed E-state index contributed by atoms with van der Waals surface area (Å²) in [5.74, 6) is 6.03. The van der Waals surface area contributed by atoms with Gasteiger partial charge in [-0.3, -0.25) is 4.79 Å². The average molecular weight is 717 g/mol. The first kappa shape index (κ1) is 34.8. The lowest BCUT2D eigenvalue weighted by atomic mass is 9.67. The number of carbonyl (C=O) groups excluding carboxylic acids is 1. The molecule has 48 heavy (non-hydrogen) atoms. The highest BCUT2D eigenvalue weighted by Crippen LogP contribution is 2.42. The van der Waals surface area contributed by atoms with Gasteiger partial charge < -0.3 is 0 Å². The topological polar surface area (TPSA) is 63.2 Å². The largest absolute Gasteiger partial charge is 0.300 e. The van der Waals surface area contributed by atoms with Crippen molar-refractivity contribution in [3.63, 3.8) is 0 Å². The van der Waals surface area contributed by atoms with Crippen molar-refractivity contribution in [1.82, 2.24) is 4.72 Å². The van der Waals surface area contributed by atoms with Gasteiger partial charge in [0.15, 0.2) is 0 Å². The van der Waals surface area contributed by atoms with Gasteiger partial charge in [0.2, 0.25) is 10.0 Å². The van der Waals surface area contributed by atoms with Crippen LogP contribution in [0.3, 0.4) is 0 Å². The van der Waals surface area contributed by atoms with E-state index in [9.17, 15) is 13.2 Å². The maximum Gasteiger partial charge on any atom is 0.241 e.